The molecule has 0 saturated heterocycles. The van der Waals surface area contributed by atoms with E-state index in [4.69, 9.17) is 4.74 Å². The molecule has 5 aromatic rings. The third kappa shape index (κ3) is 5.37. The number of rotatable bonds is 4. The Morgan fingerprint density at radius 1 is 0.659 bits per heavy atom. The van der Waals surface area contributed by atoms with Crippen LogP contribution in [0.2, 0.25) is 0 Å². The Kier molecular flexibility index (Phi) is 7.03. The van der Waals surface area contributed by atoms with Crippen molar-refractivity contribution >= 4 is 21.5 Å². The van der Waals surface area contributed by atoms with Crippen LogP contribution in [0.3, 0.4) is 0 Å². The van der Waals surface area contributed by atoms with Gasteiger partial charge in [0.15, 0.2) is 23.2 Å². The molecular formula is C30H12F10O. The molecule has 0 bridgehead atoms. The Hall–Kier alpha value is -4.72. The number of halogens is 10. The quantitative estimate of drug-likeness (QED) is 0.153. The fourth-order valence-electron chi connectivity index (χ4n) is 4.33. The maximum absolute atomic E-state index is 15.0. The summed E-state index contributed by atoms with van der Waals surface area (Å²) in [7, 11) is 0. The first-order valence-electron chi connectivity index (χ1n) is 11.5. The zero-order valence-electron chi connectivity index (χ0n) is 20.2. The normalized spacial score (nSPS) is 11.6. The SMILES string of the molecule is Fc1cc2cc(-c3c(F)cc(COc4c(F)cc5ccccc5c4F)cc3F)cc(F)c2c(F)c1C#CC(F)(F)F. The second kappa shape index (κ2) is 10.4. The first kappa shape index (κ1) is 27.8. The van der Waals surface area contributed by atoms with E-state index in [2.05, 4.69) is 0 Å². The minimum atomic E-state index is -5.07. The van der Waals surface area contributed by atoms with Gasteiger partial charge in [0.2, 0.25) is 0 Å². The van der Waals surface area contributed by atoms with Gasteiger partial charge < -0.3 is 4.74 Å². The molecule has 0 fully saturated rings. The number of fused-ring (bicyclic) bond motifs is 2. The Bertz CT molecular complexity index is 1890. The highest BCUT2D eigenvalue weighted by molar-refractivity contribution is 5.90. The zero-order chi connectivity index (χ0) is 29.6. The molecule has 208 valence electrons. The van der Waals surface area contributed by atoms with Gasteiger partial charge in [-0.1, -0.05) is 30.2 Å². The van der Waals surface area contributed by atoms with E-state index < -0.39 is 86.7 Å². The van der Waals surface area contributed by atoms with Crippen molar-refractivity contribution in [3.63, 3.8) is 0 Å². The number of benzene rings is 5. The van der Waals surface area contributed by atoms with Crippen molar-refractivity contribution in [1.82, 2.24) is 0 Å². The summed E-state index contributed by atoms with van der Waals surface area (Å²) in [5.74, 6) is -8.11. The van der Waals surface area contributed by atoms with Crippen LogP contribution in [0.4, 0.5) is 43.9 Å². The number of hydrogen-bond acceptors (Lipinski definition) is 1. The van der Waals surface area contributed by atoms with Gasteiger partial charge in [0.25, 0.3) is 0 Å². The monoisotopic (exact) mass is 578 g/mol. The highest BCUT2D eigenvalue weighted by Gasteiger charge is 2.25. The Balaban J connectivity index is 1.49. The van der Waals surface area contributed by atoms with Gasteiger partial charge in [-0.15, -0.1) is 0 Å². The van der Waals surface area contributed by atoms with Gasteiger partial charge in [-0.05, 0) is 58.3 Å². The van der Waals surface area contributed by atoms with Crippen molar-refractivity contribution in [1.29, 1.82) is 0 Å². The molecule has 0 atom stereocenters. The van der Waals surface area contributed by atoms with Crippen molar-refractivity contribution in [3.05, 3.63) is 113 Å². The van der Waals surface area contributed by atoms with Crippen LogP contribution in [0.25, 0.3) is 32.7 Å². The molecule has 0 aliphatic rings. The number of ether oxygens (including phenoxy) is 1. The van der Waals surface area contributed by atoms with Gasteiger partial charge in [0.05, 0.1) is 16.5 Å². The van der Waals surface area contributed by atoms with Crippen LogP contribution in [-0.2, 0) is 6.61 Å². The van der Waals surface area contributed by atoms with Crippen LogP contribution in [0, 0.1) is 52.6 Å². The van der Waals surface area contributed by atoms with E-state index in [0.29, 0.717) is 18.1 Å². The van der Waals surface area contributed by atoms with Crippen molar-refractivity contribution in [2.45, 2.75) is 12.8 Å². The topological polar surface area (TPSA) is 9.23 Å². The highest BCUT2D eigenvalue weighted by atomic mass is 19.4. The molecule has 0 aliphatic carbocycles. The summed E-state index contributed by atoms with van der Waals surface area (Å²) in [5.41, 5.74) is -2.82. The lowest BCUT2D eigenvalue weighted by atomic mass is 9.97. The van der Waals surface area contributed by atoms with Gasteiger partial charge >= 0.3 is 6.18 Å². The predicted molar refractivity (Wildman–Crippen MR) is 130 cm³/mol. The lowest BCUT2D eigenvalue weighted by molar-refractivity contribution is -0.0696. The summed E-state index contributed by atoms with van der Waals surface area (Å²) >= 11 is 0. The van der Waals surface area contributed by atoms with Crippen LogP contribution in [0.1, 0.15) is 11.1 Å². The molecule has 0 unspecified atom stereocenters. The highest BCUT2D eigenvalue weighted by Crippen LogP contribution is 2.35. The van der Waals surface area contributed by atoms with Crippen molar-refractivity contribution < 1.29 is 48.6 Å². The maximum atomic E-state index is 15.0. The summed E-state index contributed by atoms with van der Waals surface area (Å²) in [6, 6.07) is 10.4. The molecule has 0 saturated carbocycles. The van der Waals surface area contributed by atoms with Crippen LogP contribution in [0.5, 0.6) is 5.75 Å². The van der Waals surface area contributed by atoms with E-state index in [1.807, 2.05) is 0 Å². The molecule has 41 heavy (non-hydrogen) atoms. The van der Waals surface area contributed by atoms with Crippen LogP contribution >= 0.6 is 0 Å². The lowest BCUT2D eigenvalue weighted by Crippen LogP contribution is -2.03. The molecule has 0 heterocycles. The molecule has 11 heteroatoms. The van der Waals surface area contributed by atoms with Crippen molar-refractivity contribution in [3.8, 4) is 28.7 Å². The minimum Gasteiger partial charge on any atom is -0.483 e. The second-order valence-electron chi connectivity index (χ2n) is 8.80. The smallest absolute Gasteiger partial charge is 0.458 e. The molecule has 0 amide bonds. The fourth-order valence-corrected chi connectivity index (χ4v) is 4.33. The first-order valence-corrected chi connectivity index (χ1v) is 11.5. The van der Waals surface area contributed by atoms with Crippen LogP contribution in [-0.4, -0.2) is 6.18 Å². The van der Waals surface area contributed by atoms with Crippen LogP contribution in [0.15, 0.2) is 60.7 Å². The van der Waals surface area contributed by atoms with Gasteiger partial charge in [0.1, 0.15) is 29.9 Å². The number of hydrogen-bond donors (Lipinski definition) is 0. The molecule has 1 nitrogen and oxygen atoms in total. The van der Waals surface area contributed by atoms with E-state index in [0.717, 1.165) is 24.3 Å². The first-order chi connectivity index (χ1) is 19.3. The Labute approximate surface area is 224 Å². The largest absolute Gasteiger partial charge is 0.483 e. The van der Waals surface area contributed by atoms with Gasteiger partial charge in [-0.2, -0.15) is 13.2 Å². The Morgan fingerprint density at radius 3 is 2.00 bits per heavy atom. The summed E-state index contributed by atoms with van der Waals surface area (Å²) in [6.45, 7) is -0.662. The second-order valence-corrected chi connectivity index (χ2v) is 8.80. The summed E-state index contributed by atoms with van der Waals surface area (Å²) in [4.78, 5) is 0. The molecule has 0 radical (unpaired) electrons. The lowest BCUT2D eigenvalue weighted by Gasteiger charge is -2.13. The summed E-state index contributed by atoms with van der Waals surface area (Å²) in [6.07, 6.45) is -5.07. The molecule has 0 spiro atoms. The van der Waals surface area contributed by atoms with Gasteiger partial charge in [-0.3, -0.25) is 0 Å². The fraction of sp³-hybridized carbons (Fsp3) is 0.0667. The van der Waals surface area contributed by atoms with Crippen molar-refractivity contribution in [2.75, 3.05) is 0 Å². The molecular weight excluding hydrogens is 566 g/mol. The summed E-state index contributed by atoms with van der Waals surface area (Å²) in [5, 5.41) is -1.15. The van der Waals surface area contributed by atoms with Gasteiger partial charge in [-0.25, -0.2) is 30.7 Å². The van der Waals surface area contributed by atoms with E-state index in [1.165, 1.54) is 24.1 Å². The standard InChI is InChI=1S/C30H12F10O/c31-20-11-17-9-16(12-23(34)26(17)27(36)19(20)5-6-30(38,39)40)25-21(32)7-14(8-22(25)33)13-41-29-24(35)10-15-3-1-2-4-18(15)28(29)37/h1-4,7-12H,13H2. The molecule has 0 N–H and O–H groups in total. The van der Waals surface area contributed by atoms with Crippen molar-refractivity contribution in [2.24, 2.45) is 0 Å². The third-order valence-corrected chi connectivity index (χ3v) is 6.08. The van der Waals surface area contributed by atoms with Gasteiger partial charge in [0, 0.05) is 11.3 Å². The minimum absolute atomic E-state index is 0.0577. The molecule has 5 rings (SSSR count). The maximum Gasteiger partial charge on any atom is 0.458 e. The average Bonchev–Trinajstić information content (AvgIpc) is 2.87. The summed E-state index contributed by atoms with van der Waals surface area (Å²) < 4.78 is 145. The van der Waals surface area contributed by atoms with Crippen LogP contribution < -0.4 is 4.74 Å². The molecule has 5 aromatic carbocycles. The zero-order valence-corrected chi connectivity index (χ0v) is 20.2. The predicted octanol–water partition coefficient (Wildman–Crippen LogP) is 9.13. The van der Waals surface area contributed by atoms with E-state index in [1.54, 1.807) is 6.07 Å². The molecule has 0 aliphatic heterocycles. The Morgan fingerprint density at radius 2 is 1.32 bits per heavy atom. The number of alkyl halides is 3. The molecule has 0 aromatic heterocycles. The average molecular weight is 578 g/mol. The van der Waals surface area contributed by atoms with E-state index >= 15 is 8.78 Å². The van der Waals surface area contributed by atoms with E-state index in [9.17, 15) is 35.1 Å². The van der Waals surface area contributed by atoms with E-state index in [-0.39, 0.29) is 16.3 Å². The third-order valence-electron chi connectivity index (χ3n) is 6.08.